The van der Waals surface area contributed by atoms with Gasteiger partial charge in [0.15, 0.2) is 0 Å². The van der Waals surface area contributed by atoms with Gasteiger partial charge in [0.1, 0.15) is 12.3 Å². The van der Waals surface area contributed by atoms with E-state index in [0.29, 0.717) is 0 Å². The van der Waals surface area contributed by atoms with Crippen molar-refractivity contribution in [2.75, 3.05) is 31.7 Å². The van der Waals surface area contributed by atoms with E-state index < -0.39 is 0 Å². The lowest BCUT2D eigenvalue weighted by molar-refractivity contribution is -0.910. The Morgan fingerprint density at radius 1 is 1.31 bits per heavy atom. The molecule has 1 aliphatic heterocycles. The van der Waals surface area contributed by atoms with Gasteiger partial charge in [-0.05, 0) is 30.7 Å². The minimum atomic E-state index is 0.993. The van der Waals surface area contributed by atoms with Crippen molar-refractivity contribution in [1.29, 1.82) is 0 Å². The molecular formula is C13H20NOS+. The summed E-state index contributed by atoms with van der Waals surface area (Å²) >= 11 is 2.08. The average molecular weight is 238 g/mol. The molecule has 88 valence electrons. The summed E-state index contributed by atoms with van der Waals surface area (Å²) in [6, 6.07) is 6.54. The SMILES string of the molecule is COc1ccc(C[NH+]2CCSCC2)cc1C. The van der Waals surface area contributed by atoms with Crippen molar-refractivity contribution in [1.82, 2.24) is 0 Å². The molecular weight excluding hydrogens is 218 g/mol. The fourth-order valence-corrected chi connectivity index (χ4v) is 3.25. The molecule has 1 heterocycles. The second-order valence-corrected chi connectivity index (χ2v) is 5.57. The Labute approximate surface area is 102 Å². The molecule has 0 radical (unpaired) electrons. The lowest BCUT2D eigenvalue weighted by atomic mass is 10.1. The molecule has 1 N–H and O–H groups in total. The highest BCUT2D eigenvalue weighted by atomic mass is 32.2. The molecule has 1 saturated heterocycles. The summed E-state index contributed by atoms with van der Waals surface area (Å²) in [7, 11) is 1.73. The molecule has 0 bridgehead atoms. The minimum absolute atomic E-state index is 0.993. The van der Waals surface area contributed by atoms with E-state index >= 15 is 0 Å². The average Bonchev–Trinajstić information content (AvgIpc) is 2.31. The highest BCUT2D eigenvalue weighted by molar-refractivity contribution is 7.99. The highest BCUT2D eigenvalue weighted by Gasteiger charge is 2.14. The van der Waals surface area contributed by atoms with Gasteiger partial charge in [-0.3, -0.25) is 0 Å². The number of aryl methyl sites for hydroxylation is 1. The second-order valence-electron chi connectivity index (χ2n) is 4.34. The van der Waals surface area contributed by atoms with Crippen molar-refractivity contribution in [3.8, 4) is 5.75 Å². The van der Waals surface area contributed by atoms with Crippen LogP contribution in [0.4, 0.5) is 0 Å². The van der Waals surface area contributed by atoms with Gasteiger partial charge in [-0.1, -0.05) is 0 Å². The third-order valence-electron chi connectivity index (χ3n) is 3.11. The van der Waals surface area contributed by atoms with Crippen LogP contribution in [0.1, 0.15) is 11.1 Å². The van der Waals surface area contributed by atoms with Crippen LogP contribution in [0, 0.1) is 6.92 Å². The minimum Gasteiger partial charge on any atom is -0.496 e. The number of benzene rings is 1. The van der Waals surface area contributed by atoms with E-state index in [1.165, 1.54) is 35.7 Å². The first kappa shape index (κ1) is 11.8. The molecule has 0 aromatic heterocycles. The summed E-state index contributed by atoms with van der Waals surface area (Å²) in [5.41, 5.74) is 2.67. The van der Waals surface area contributed by atoms with E-state index in [4.69, 9.17) is 4.74 Å². The fourth-order valence-electron chi connectivity index (χ4n) is 2.18. The van der Waals surface area contributed by atoms with Gasteiger partial charge >= 0.3 is 0 Å². The van der Waals surface area contributed by atoms with Crippen LogP contribution >= 0.6 is 11.8 Å². The number of rotatable bonds is 3. The first-order valence-electron chi connectivity index (χ1n) is 5.84. The largest absolute Gasteiger partial charge is 0.496 e. The predicted octanol–water partition coefficient (Wildman–Crippen LogP) is 1.14. The Bertz CT molecular complexity index is 348. The lowest BCUT2D eigenvalue weighted by Gasteiger charge is -2.23. The first-order valence-corrected chi connectivity index (χ1v) is 7.00. The molecule has 0 aliphatic carbocycles. The molecule has 0 saturated carbocycles. The van der Waals surface area contributed by atoms with Crippen LogP contribution in [-0.2, 0) is 6.54 Å². The van der Waals surface area contributed by atoms with Gasteiger partial charge in [-0.15, -0.1) is 0 Å². The zero-order valence-electron chi connectivity index (χ0n) is 10.1. The molecule has 2 nitrogen and oxygen atoms in total. The molecule has 0 spiro atoms. The Kier molecular flexibility index (Phi) is 4.13. The molecule has 0 atom stereocenters. The number of thioether (sulfide) groups is 1. The lowest BCUT2D eigenvalue weighted by Crippen LogP contribution is -3.12. The number of nitrogens with one attached hydrogen (secondary N) is 1. The summed E-state index contributed by atoms with van der Waals surface area (Å²) in [5, 5.41) is 0. The quantitative estimate of drug-likeness (QED) is 0.848. The summed E-state index contributed by atoms with van der Waals surface area (Å²) in [5.74, 6) is 3.61. The van der Waals surface area contributed by atoms with Crippen molar-refractivity contribution in [2.45, 2.75) is 13.5 Å². The zero-order chi connectivity index (χ0) is 11.4. The zero-order valence-corrected chi connectivity index (χ0v) is 10.9. The van der Waals surface area contributed by atoms with Crippen LogP contribution in [0.2, 0.25) is 0 Å². The Balaban J connectivity index is 2.01. The predicted molar refractivity (Wildman–Crippen MR) is 69.5 cm³/mol. The van der Waals surface area contributed by atoms with Gasteiger partial charge in [-0.25, -0.2) is 0 Å². The van der Waals surface area contributed by atoms with Crippen LogP contribution in [0.3, 0.4) is 0 Å². The maximum Gasteiger partial charge on any atom is 0.121 e. The van der Waals surface area contributed by atoms with Crippen molar-refractivity contribution in [3.05, 3.63) is 29.3 Å². The summed E-state index contributed by atoms with van der Waals surface area (Å²) in [6.07, 6.45) is 0. The van der Waals surface area contributed by atoms with E-state index in [0.717, 1.165) is 12.3 Å². The molecule has 3 heteroatoms. The first-order chi connectivity index (χ1) is 7.79. The molecule has 16 heavy (non-hydrogen) atoms. The number of methoxy groups -OCH3 is 1. The fraction of sp³-hybridized carbons (Fsp3) is 0.538. The molecule has 1 aromatic rings. The molecule has 1 aromatic carbocycles. The Morgan fingerprint density at radius 3 is 2.69 bits per heavy atom. The normalized spacial score (nSPS) is 17.4. The molecule has 1 aliphatic rings. The van der Waals surface area contributed by atoms with Crippen LogP contribution in [0.5, 0.6) is 5.75 Å². The van der Waals surface area contributed by atoms with Crippen molar-refractivity contribution < 1.29 is 9.64 Å². The van der Waals surface area contributed by atoms with Crippen molar-refractivity contribution >= 4 is 11.8 Å². The summed E-state index contributed by atoms with van der Waals surface area (Å²) < 4.78 is 5.28. The van der Waals surface area contributed by atoms with Gasteiger partial charge in [0, 0.05) is 17.1 Å². The van der Waals surface area contributed by atoms with Gasteiger partial charge in [-0.2, -0.15) is 11.8 Å². The molecule has 0 unspecified atom stereocenters. The standard InChI is InChI=1S/C13H19NOS/c1-11-9-12(3-4-13(11)15-2)10-14-5-7-16-8-6-14/h3-4,9H,5-8,10H2,1-2H3/p+1. The maximum absolute atomic E-state index is 5.28. The summed E-state index contributed by atoms with van der Waals surface area (Å²) in [4.78, 5) is 1.71. The van der Waals surface area contributed by atoms with Gasteiger partial charge in [0.05, 0.1) is 20.2 Å². The van der Waals surface area contributed by atoms with Gasteiger partial charge in [0.25, 0.3) is 0 Å². The molecule has 2 rings (SSSR count). The van der Waals surface area contributed by atoms with E-state index in [1.807, 2.05) is 0 Å². The Hall–Kier alpha value is -0.670. The Morgan fingerprint density at radius 2 is 2.06 bits per heavy atom. The monoisotopic (exact) mass is 238 g/mol. The van der Waals surface area contributed by atoms with Crippen LogP contribution in [0.15, 0.2) is 18.2 Å². The third kappa shape index (κ3) is 2.92. The second kappa shape index (κ2) is 5.60. The topological polar surface area (TPSA) is 13.7 Å². The van der Waals surface area contributed by atoms with E-state index in [1.54, 1.807) is 12.0 Å². The smallest absolute Gasteiger partial charge is 0.121 e. The number of quaternary nitrogens is 1. The van der Waals surface area contributed by atoms with Gasteiger partial charge in [0.2, 0.25) is 0 Å². The maximum atomic E-state index is 5.28. The van der Waals surface area contributed by atoms with Crippen molar-refractivity contribution in [2.24, 2.45) is 0 Å². The van der Waals surface area contributed by atoms with Crippen molar-refractivity contribution in [3.63, 3.8) is 0 Å². The third-order valence-corrected chi connectivity index (χ3v) is 4.10. The molecule has 0 amide bonds. The highest BCUT2D eigenvalue weighted by Crippen LogP contribution is 2.17. The van der Waals surface area contributed by atoms with Crippen LogP contribution in [-0.4, -0.2) is 31.7 Å². The number of hydrogen-bond acceptors (Lipinski definition) is 2. The van der Waals surface area contributed by atoms with E-state index in [-0.39, 0.29) is 0 Å². The number of ether oxygens (including phenoxy) is 1. The molecule has 1 fully saturated rings. The summed E-state index contributed by atoms with van der Waals surface area (Å²) in [6.45, 7) is 5.88. The van der Waals surface area contributed by atoms with Crippen LogP contribution in [0.25, 0.3) is 0 Å². The van der Waals surface area contributed by atoms with E-state index in [9.17, 15) is 0 Å². The number of hydrogen-bond donors (Lipinski definition) is 1. The van der Waals surface area contributed by atoms with Crippen LogP contribution < -0.4 is 9.64 Å². The van der Waals surface area contributed by atoms with E-state index in [2.05, 4.69) is 36.9 Å². The van der Waals surface area contributed by atoms with Gasteiger partial charge < -0.3 is 9.64 Å².